The van der Waals surface area contributed by atoms with Crippen LogP contribution in [0.15, 0.2) is 30.3 Å². The molecule has 3 heteroatoms. The van der Waals surface area contributed by atoms with Gasteiger partial charge >= 0.3 is 0 Å². The maximum absolute atomic E-state index is 5.96. The van der Waals surface area contributed by atoms with Crippen LogP contribution in [0.5, 0.6) is 0 Å². The fourth-order valence-corrected chi connectivity index (χ4v) is 3.42. The van der Waals surface area contributed by atoms with Crippen LogP contribution in [0.3, 0.4) is 0 Å². The van der Waals surface area contributed by atoms with Crippen molar-refractivity contribution in [2.24, 2.45) is 11.7 Å². The van der Waals surface area contributed by atoms with Gasteiger partial charge in [0.25, 0.3) is 0 Å². The Balaban J connectivity index is 1.86. The molecule has 1 aromatic heterocycles. The largest absolute Gasteiger partial charge is 0.356 e. The summed E-state index contributed by atoms with van der Waals surface area (Å²) < 4.78 is 0. The molecule has 0 bridgehead atoms. The minimum Gasteiger partial charge on any atom is -0.356 e. The first-order valence-corrected chi connectivity index (χ1v) is 8.15. The Morgan fingerprint density at radius 2 is 2.00 bits per heavy atom. The lowest BCUT2D eigenvalue weighted by Gasteiger charge is -2.34. The maximum Gasteiger partial charge on any atom is 0.133 e. The number of aromatic nitrogens is 1. The van der Waals surface area contributed by atoms with E-state index < -0.39 is 0 Å². The molecule has 0 amide bonds. The summed E-state index contributed by atoms with van der Waals surface area (Å²) in [6.07, 6.45) is 5.23. The summed E-state index contributed by atoms with van der Waals surface area (Å²) in [4.78, 5) is 7.32. The number of rotatable bonds is 4. The Morgan fingerprint density at radius 3 is 2.71 bits per heavy atom. The van der Waals surface area contributed by atoms with E-state index in [0.29, 0.717) is 6.54 Å². The molecule has 0 spiro atoms. The second-order valence-electron chi connectivity index (χ2n) is 6.09. The predicted molar refractivity (Wildman–Crippen MR) is 89.5 cm³/mol. The zero-order chi connectivity index (χ0) is 14.7. The Labute approximate surface area is 127 Å². The molecule has 0 saturated carbocycles. The highest BCUT2D eigenvalue weighted by atomic mass is 15.2. The van der Waals surface area contributed by atoms with Crippen LogP contribution in [0, 0.1) is 5.92 Å². The van der Waals surface area contributed by atoms with E-state index in [0.717, 1.165) is 30.3 Å². The number of hydrogen-bond donors (Lipinski definition) is 1. The quantitative estimate of drug-likeness (QED) is 0.930. The monoisotopic (exact) mass is 283 g/mol. The third-order valence-corrected chi connectivity index (χ3v) is 4.61. The molecule has 2 N–H and O–H groups in total. The van der Waals surface area contributed by atoms with E-state index in [1.165, 1.54) is 36.6 Å². The number of anilines is 1. The second-order valence-corrected chi connectivity index (χ2v) is 6.09. The van der Waals surface area contributed by atoms with Crippen LogP contribution in [0.2, 0.25) is 0 Å². The molecule has 21 heavy (non-hydrogen) atoms. The predicted octanol–water partition coefficient (Wildman–Crippen LogP) is 3.71. The van der Waals surface area contributed by atoms with Crippen LogP contribution >= 0.6 is 0 Å². The molecule has 1 aliphatic rings. The third-order valence-electron chi connectivity index (χ3n) is 4.61. The van der Waals surface area contributed by atoms with Gasteiger partial charge in [-0.15, -0.1) is 0 Å². The molecule has 1 saturated heterocycles. The van der Waals surface area contributed by atoms with Crippen molar-refractivity contribution in [3.63, 3.8) is 0 Å². The molecule has 1 aliphatic heterocycles. The number of fused-ring (bicyclic) bond motifs is 1. The van der Waals surface area contributed by atoms with Crippen molar-refractivity contribution >= 4 is 16.7 Å². The van der Waals surface area contributed by atoms with Gasteiger partial charge in [-0.05, 0) is 30.9 Å². The summed E-state index contributed by atoms with van der Waals surface area (Å²) in [6, 6.07) is 10.5. The highest BCUT2D eigenvalue weighted by Gasteiger charge is 2.21. The number of nitrogens with two attached hydrogens (primary N) is 1. The van der Waals surface area contributed by atoms with Crippen LogP contribution in [0.4, 0.5) is 5.82 Å². The molecule has 2 aromatic rings. The van der Waals surface area contributed by atoms with Crippen LogP contribution in [-0.4, -0.2) is 18.1 Å². The van der Waals surface area contributed by atoms with Crippen LogP contribution in [0.1, 0.15) is 38.2 Å². The van der Waals surface area contributed by atoms with Gasteiger partial charge < -0.3 is 10.6 Å². The number of benzene rings is 1. The summed E-state index contributed by atoms with van der Waals surface area (Å²) in [5.41, 5.74) is 8.20. The first-order chi connectivity index (χ1) is 10.3. The Hall–Kier alpha value is -1.61. The van der Waals surface area contributed by atoms with Gasteiger partial charge in [-0.1, -0.05) is 38.0 Å². The number of piperidine rings is 1. The molecule has 3 nitrogen and oxygen atoms in total. The van der Waals surface area contributed by atoms with Gasteiger partial charge in [-0.2, -0.15) is 0 Å². The maximum atomic E-state index is 5.96. The average Bonchev–Trinajstić information content (AvgIpc) is 2.54. The summed E-state index contributed by atoms with van der Waals surface area (Å²) >= 11 is 0. The van der Waals surface area contributed by atoms with Crippen molar-refractivity contribution in [2.45, 2.75) is 39.2 Å². The molecule has 3 rings (SSSR count). The molecule has 0 atom stereocenters. The van der Waals surface area contributed by atoms with E-state index in [2.05, 4.69) is 42.2 Å². The Kier molecular flexibility index (Phi) is 4.39. The van der Waals surface area contributed by atoms with E-state index >= 15 is 0 Å². The fraction of sp³-hybridized carbons (Fsp3) is 0.500. The van der Waals surface area contributed by atoms with Gasteiger partial charge in [-0.3, -0.25) is 0 Å². The lowest BCUT2D eigenvalue weighted by atomic mass is 9.92. The average molecular weight is 283 g/mol. The van der Waals surface area contributed by atoms with Crippen molar-refractivity contribution in [3.05, 3.63) is 35.9 Å². The molecular weight excluding hydrogens is 258 g/mol. The lowest BCUT2D eigenvalue weighted by molar-refractivity contribution is 0.377. The van der Waals surface area contributed by atoms with Crippen LogP contribution in [-0.2, 0) is 6.54 Å². The zero-order valence-corrected chi connectivity index (χ0v) is 12.9. The first kappa shape index (κ1) is 14.3. The van der Waals surface area contributed by atoms with Gasteiger partial charge in [0.15, 0.2) is 0 Å². The van der Waals surface area contributed by atoms with E-state index in [-0.39, 0.29) is 0 Å². The van der Waals surface area contributed by atoms with E-state index in [1.807, 2.05) is 0 Å². The highest BCUT2D eigenvalue weighted by Crippen LogP contribution is 2.29. The van der Waals surface area contributed by atoms with Crippen molar-refractivity contribution in [1.29, 1.82) is 0 Å². The Morgan fingerprint density at radius 1 is 1.24 bits per heavy atom. The highest BCUT2D eigenvalue weighted by molar-refractivity contribution is 5.81. The van der Waals surface area contributed by atoms with E-state index in [9.17, 15) is 0 Å². The summed E-state index contributed by atoms with van der Waals surface area (Å²) in [5, 5.41) is 1.18. The van der Waals surface area contributed by atoms with Crippen molar-refractivity contribution in [3.8, 4) is 0 Å². The summed E-state index contributed by atoms with van der Waals surface area (Å²) in [5.74, 6) is 2.00. The first-order valence-electron chi connectivity index (χ1n) is 8.15. The van der Waals surface area contributed by atoms with Gasteiger partial charge in [0.1, 0.15) is 5.82 Å². The van der Waals surface area contributed by atoms with Crippen molar-refractivity contribution < 1.29 is 0 Å². The second kappa shape index (κ2) is 6.44. The zero-order valence-electron chi connectivity index (χ0n) is 12.9. The lowest BCUT2D eigenvalue weighted by Crippen LogP contribution is -2.35. The van der Waals surface area contributed by atoms with Crippen LogP contribution in [0.25, 0.3) is 10.9 Å². The van der Waals surface area contributed by atoms with E-state index in [1.54, 1.807) is 0 Å². The topological polar surface area (TPSA) is 42.2 Å². The van der Waals surface area contributed by atoms with Crippen molar-refractivity contribution in [2.75, 3.05) is 18.0 Å². The number of hydrogen-bond acceptors (Lipinski definition) is 3. The standard InChI is InChI=1S/C18H25N3/c1-2-5-14-8-10-21(11-9-14)18-16(13-19)12-15-6-3-4-7-17(15)20-18/h3-4,6-7,12,14H,2,5,8-11,13,19H2,1H3. The van der Waals surface area contributed by atoms with E-state index in [4.69, 9.17) is 10.7 Å². The SMILES string of the molecule is CCCC1CCN(c2nc3ccccc3cc2CN)CC1. The molecule has 0 unspecified atom stereocenters. The normalized spacial score (nSPS) is 16.6. The van der Waals surface area contributed by atoms with Gasteiger partial charge in [0.2, 0.25) is 0 Å². The van der Waals surface area contributed by atoms with Crippen molar-refractivity contribution in [1.82, 2.24) is 4.98 Å². The smallest absolute Gasteiger partial charge is 0.133 e. The van der Waals surface area contributed by atoms with Gasteiger partial charge in [0.05, 0.1) is 5.52 Å². The number of para-hydroxylation sites is 1. The van der Waals surface area contributed by atoms with Gasteiger partial charge in [0, 0.05) is 30.6 Å². The molecule has 0 aliphatic carbocycles. The van der Waals surface area contributed by atoms with Gasteiger partial charge in [-0.25, -0.2) is 4.98 Å². The number of nitrogens with zero attached hydrogens (tertiary/aromatic N) is 2. The molecular formula is C18H25N3. The Bertz CT molecular complexity index is 600. The summed E-state index contributed by atoms with van der Waals surface area (Å²) in [6.45, 7) is 5.07. The van der Waals surface area contributed by atoms with Crippen LogP contribution < -0.4 is 10.6 Å². The number of pyridine rings is 1. The molecule has 112 valence electrons. The fourth-order valence-electron chi connectivity index (χ4n) is 3.42. The minimum atomic E-state index is 0.558. The third kappa shape index (κ3) is 3.03. The minimum absolute atomic E-state index is 0.558. The molecule has 1 aromatic carbocycles. The summed E-state index contributed by atoms with van der Waals surface area (Å²) in [7, 11) is 0. The molecule has 2 heterocycles. The molecule has 0 radical (unpaired) electrons. The molecule has 1 fully saturated rings.